The van der Waals surface area contributed by atoms with Crippen LogP contribution in [0.1, 0.15) is 23.0 Å². The van der Waals surface area contributed by atoms with E-state index < -0.39 is 0 Å². The molecule has 0 radical (unpaired) electrons. The van der Waals surface area contributed by atoms with E-state index in [0.717, 1.165) is 17.0 Å². The summed E-state index contributed by atoms with van der Waals surface area (Å²) in [7, 11) is 1.94. The Labute approximate surface area is 94.3 Å². The molecule has 2 aromatic rings. The van der Waals surface area contributed by atoms with Gasteiger partial charge in [-0.3, -0.25) is 10.8 Å². The maximum absolute atomic E-state index is 5.60. The number of hydrogen-bond acceptors (Lipinski definition) is 4. The highest BCUT2D eigenvalue weighted by Gasteiger charge is 2.18. The van der Waals surface area contributed by atoms with Crippen LogP contribution in [-0.4, -0.2) is 14.5 Å². The van der Waals surface area contributed by atoms with Crippen LogP contribution in [0.15, 0.2) is 30.9 Å². The molecule has 0 saturated heterocycles. The maximum Gasteiger partial charge on any atom is 0.131 e. The van der Waals surface area contributed by atoms with Gasteiger partial charge in [-0.15, -0.1) is 0 Å². The summed E-state index contributed by atoms with van der Waals surface area (Å²) >= 11 is 0. The van der Waals surface area contributed by atoms with Crippen molar-refractivity contribution in [3.63, 3.8) is 0 Å². The van der Waals surface area contributed by atoms with Gasteiger partial charge in [-0.05, 0) is 24.1 Å². The molecule has 5 nitrogen and oxygen atoms in total. The number of aromatic nitrogens is 3. The van der Waals surface area contributed by atoms with E-state index in [-0.39, 0.29) is 6.04 Å². The molecule has 0 saturated carbocycles. The Bertz CT molecular complexity index is 477. The minimum Gasteiger partial charge on any atom is -0.336 e. The molecule has 5 heteroatoms. The molecule has 0 aliphatic heterocycles. The zero-order valence-electron chi connectivity index (χ0n) is 9.38. The number of aryl methyl sites for hydroxylation is 2. The van der Waals surface area contributed by atoms with Crippen molar-refractivity contribution in [1.82, 2.24) is 20.0 Å². The van der Waals surface area contributed by atoms with Crippen molar-refractivity contribution in [3.05, 3.63) is 47.8 Å². The third-order valence-electron chi connectivity index (χ3n) is 2.67. The van der Waals surface area contributed by atoms with Gasteiger partial charge in [0.25, 0.3) is 0 Å². The highest BCUT2D eigenvalue weighted by Crippen LogP contribution is 2.21. The van der Waals surface area contributed by atoms with E-state index in [9.17, 15) is 0 Å². The minimum atomic E-state index is -0.131. The van der Waals surface area contributed by atoms with Crippen LogP contribution in [0.2, 0.25) is 0 Å². The summed E-state index contributed by atoms with van der Waals surface area (Å²) < 4.78 is 1.94. The van der Waals surface area contributed by atoms with E-state index in [0.29, 0.717) is 0 Å². The fraction of sp³-hybridized carbons (Fsp3) is 0.273. The predicted molar refractivity (Wildman–Crippen MR) is 61.3 cm³/mol. The highest BCUT2D eigenvalue weighted by molar-refractivity contribution is 5.29. The minimum absolute atomic E-state index is 0.131. The topological polar surface area (TPSA) is 68.8 Å². The smallest absolute Gasteiger partial charge is 0.131 e. The summed E-state index contributed by atoms with van der Waals surface area (Å²) in [4.78, 5) is 8.42. The lowest BCUT2D eigenvalue weighted by molar-refractivity contribution is 0.576. The maximum atomic E-state index is 5.60. The third kappa shape index (κ3) is 1.82. The zero-order chi connectivity index (χ0) is 11.5. The lowest BCUT2D eigenvalue weighted by atomic mass is 10.0. The Hall–Kier alpha value is -1.72. The summed E-state index contributed by atoms with van der Waals surface area (Å²) in [5.41, 5.74) is 4.96. The second-order valence-electron chi connectivity index (χ2n) is 3.73. The predicted octanol–water partition coefficient (Wildman–Crippen LogP) is 0.676. The second-order valence-corrected chi connectivity index (χ2v) is 3.73. The molecule has 2 aromatic heterocycles. The van der Waals surface area contributed by atoms with E-state index in [2.05, 4.69) is 15.4 Å². The molecule has 1 unspecified atom stereocenters. The van der Waals surface area contributed by atoms with Crippen molar-refractivity contribution in [2.75, 3.05) is 0 Å². The van der Waals surface area contributed by atoms with E-state index in [1.807, 2.05) is 37.0 Å². The number of nitrogens with two attached hydrogens (primary N) is 1. The zero-order valence-corrected chi connectivity index (χ0v) is 9.38. The fourth-order valence-electron chi connectivity index (χ4n) is 1.74. The van der Waals surface area contributed by atoms with Crippen LogP contribution in [0.25, 0.3) is 0 Å². The molecule has 0 aliphatic rings. The molecule has 0 aromatic carbocycles. The standard InChI is InChI=1S/C11H15N5/c1-8-3-4-13-7-9(8)10(15-12)11-14-5-6-16(11)2/h3-7,10,15H,12H2,1-2H3. The van der Waals surface area contributed by atoms with E-state index in [4.69, 9.17) is 5.84 Å². The second kappa shape index (κ2) is 4.42. The van der Waals surface area contributed by atoms with Crippen LogP contribution in [0.3, 0.4) is 0 Å². The van der Waals surface area contributed by atoms with E-state index in [1.54, 1.807) is 12.4 Å². The molecule has 3 N–H and O–H groups in total. The van der Waals surface area contributed by atoms with Gasteiger partial charge in [0.15, 0.2) is 0 Å². The fourth-order valence-corrected chi connectivity index (χ4v) is 1.74. The molecule has 0 spiro atoms. The molecule has 0 fully saturated rings. The lowest BCUT2D eigenvalue weighted by Crippen LogP contribution is -2.31. The molecule has 2 heterocycles. The molecule has 0 amide bonds. The average molecular weight is 217 g/mol. The molecule has 2 rings (SSSR count). The van der Waals surface area contributed by atoms with Crippen LogP contribution in [0.4, 0.5) is 0 Å². The van der Waals surface area contributed by atoms with Gasteiger partial charge in [0, 0.05) is 31.8 Å². The first-order valence-corrected chi connectivity index (χ1v) is 5.08. The summed E-state index contributed by atoms with van der Waals surface area (Å²) in [6, 6.07) is 1.83. The lowest BCUT2D eigenvalue weighted by Gasteiger charge is -2.17. The van der Waals surface area contributed by atoms with Gasteiger partial charge in [0.2, 0.25) is 0 Å². The van der Waals surface area contributed by atoms with Gasteiger partial charge in [-0.1, -0.05) is 0 Å². The van der Waals surface area contributed by atoms with Crippen LogP contribution in [-0.2, 0) is 7.05 Å². The van der Waals surface area contributed by atoms with Crippen LogP contribution >= 0.6 is 0 Å². The first-order chi connectivity index (χ1) is 7.74. The summed E-state index contributed by atoms with van der Waals surface area (Å²) in [5.74, 6) is 6.48. The average Bonchev–Trinajstić information content (AvgIpc) is 2.69. The first-order valence-electron chi connectivity index (χ1n) is 5.08. The number of nitrogens with one attached hydrogen (secondary N) is 1. The molecular formula is C11H15N5. The SMILES string of the molecule is Cc1ccncc1C(NN)c1nccn1C. The Kier molecular flexibility index (Phi) is 2.98. The third-order valence-corrected chi connectivity index (χ3v) is 2.67. The summed E-state index contributed by atoms with van der Waals surface area (Å²) in [5, 5.41) is 0. The molecule has 1 atom stereocenters. The number of hydrazine groups is 1. The molecule has 16 heavy (non-hydrogen) atoms. The van der Waals surface area contributed by atoms with Gasteiger partial charge >= 0.3 is 0 Å². The number of rotatable bonds is 3. The van der Waals surface area contributed by atoms with Gasteiger partial charge in [0.05, 0.1) is 0 Å². The summed E-state index contributed by atoms with van der Waals surface area (Å²) in [6.07, 6.45) is 7.23. The van der Waals surface area contributed by atoms with Gasteiger partial charge in [-0.25, -0.2) is 10.4 Å². The quantitative estimate of drug-likeness (QED) is 0.586. The molecule has 84 valence electrons. The van der Waals surface area contributed by atoms with E-state index in [1.165, 1.54) is 0 Å². The number of nitrogens with zero attached hydrogens (tertiary/aromatic N) is 3. The van der Waals surface area contributed by atoms with Gasteiger partial charge < -0.3 is 4.57 Å². The van der Waals surface area contributed by atoms with Crippen molar-refractivity contribution in [3.8, 4) is 0 Å². The highest BCUT2D eigenvalue weighted by atomic mass is 15.3. The van der Waals surface area contributed by atoms with E-state index >= 15 is 0 Å². The molecule has 0 aliphatic carbocycles. The number of imidazole rings is 1. The number of pyridine rings is 1. The van der Waals surface area contributed by atoms with Crippen LogP contribution < -0.4 is 11.3 Å². The summed E-state index contributed by atoms with van der Waals surface area (Å²) in [6.45, 7) is 2.03. The van der Waals surface area contributed by atoms with Crippen molar-refractivity contribution in [1.29, 1.82) is 0 Å². The number of hydrogen-bond donors (Lipinski definition) is 2. The monoisotopic (exact) mass is 217 g/mol. The van der Waals surface area contributed by atoms with Crippen molar-refractivity contribution in [2.45, 2.75) is 13.0 Å². The van der Waals surface area contributed by atoms with Crippen molar-refractivity contribution < 1.29 is 0 Å². The van der Waals surface area contributed by atoms with Crippen molar-refractivity contribution >= 4 is 0 Å². The van der Waals surface area contributed by atoms with Crippen LogP contribution in [0, 0.1) is 6.92 Å². The Morgan fingerprint density at radius 2 is 2.25 bits per heavy atom. The van der Waals surface area contributed by atoms with Crippen molar-refractivity contribution in [2.24, 2.45) is 12.9 Å². The Morgan fingerprint density at radius 3 is 2.81 bits per heavy atom. The van der Waals surface area contributed by atoms with Gasteiger partial charge in [-0.2, -0.15) is 0 Å². The molecule has 0 bridgehead atoms. The first kappa shape index (κ1) is 10.8. The normalized spacial score (nSPS) is 12.7. The van der Waals surface area contributed by atoms with Crippen LogP contribution in [0.5, 0.6) is 0 Å². The Balaban J connectivity index is 2.45. The Morgan fingerprint density at radius 1 is 1.44 bits per heavy atom. The molecular weight excluding hydrogens is 202 g/mol. The van der Waals surface area contributed by atoms with Gasteiger partial charge in [0.1, 0.15) is 11.9 Å². The largest absolute Gasteiger partial charge is 0.336 e.